The van der Waals surface area contributed by atoms with Gasteiger partial charge in [-0.2, -0.15) is 0 Å². The lowest BCUT2D eigenvalue weighted by Crippen LogP contribution is -2.65. The van der Waals surface area contributed by atoms with Crippen LogP contribution in [0.3, 0.4) is 0 Å². The Morgan fingerprint density at radius 3 is 3.05 bits per heavy atom. The summed E-state index contributed by atoms with van der Waals surface area (Å²) in [7, 11) is 1.80. The molecule has 2 aliphatic rings. The molecule has 0 bridgehead atoms. The zero-order chi connectivity index (χ0) is 13.3. The summed E-state index contributed by atoms with van der Waals surface area (Å²) in [5, 5.41) is 0. The predicted octanol–water partition coefficient (Wildman–Crippen LogP) is 1.77. The molecule has 4 heteroatoms. The Morgan fingerprint density at radius 1 is 1.47 bits per heavy atom. The third kappa shape index (κ3) is 2.81. The molecule has 1 aromatic heterocycles. The van der Waals surface area contributed by atoms with E-state index in [2.05, 4.69) is 22.0 Å². The summed E-state index contributed by atoms with van der Waals surface area (Å²) in [6.45, 7) is 5.79. The summed E-state index contributed by atoms with van der Waals surface area (Å²) in [6, 6.07) is 6.21. The average molecular weight is 262 g/mol. The summed E-state index contributed by atoms with van der Waals surface area (Å²) < 4.78 is 11.5. The molecule has 0 amide bonds. The van der Waals surface area contributed by atoms with Crippen molar-refractivity contribution in [2.45, 2.75) is 38.0 Å². The summed E-state index contributed by atoms with van der Waals surface area (Å²) in [5.41, 5.74) is 2.28. The van der Waals surface area contributed by atoms with Crippen LogP contribution < -0.4 is 0 Å². The Bertz CT molecular complexity index is 444. The van der Waals surface area contributed by atoms with Crippen LogP contribution in [0, 0.1) is 6.92 Å². The van der Waals surface area contributed by atoms with Crippen LogP contribution in [0.25, 0.3) is 0 Å². The van der Waals surface area contributed by atoms with Crippen LogP contribution in [0.15, 0.2) is 18.2 Å². The van der Waals surface area contributed by atoms with Crippen molar-refractivity contribution in [2.24, 2.45) is 0 Å². The molecular formula is C15H22N2O2. The van der Waals surface area contributed by atoms with Crippen LogP contribution in [0.2, 0.25) is 0 Å². The van der Waals surface area contributed by atoms with Crippen molar-refractivity contribution in [3.05, 3.63) is 29.6 Å². The van der Waals surface area contributed by atoms with Gasteiger partial charge in [0.1, 0.15) is 0 Å². The fourth-order valence-electron chi connectivity index (χ4n) is 3.20. The Balaban J connectivity index is 1.55. The van der Waals surface area contributed by atoms with Gasteiger partial charge < -0.3 is 9.47 Å². The third-order valence-electron chi connectivity index (χ3n) is 4.14. The number of hydrogen-bond donors (Lipinski definition) is 0. The first kappa shape index (κ1) is 13.0. The van der Waals surface area contributed by atoms with Crippen LogP contribution in [-0.2, 0) is 16.0 Å². The number of pyridine rings is 1. The van der Waals surface area contributed by atoms with Gasteiger partial charge in [-0.15, -0.1) is 0 Å². The molecule has 1 aromatic rings. The topological polar surface area (TPSA) is 34.6 Å². The summed E-state index contributed by atoms with van der Waals surface area (Å²) >= 11 is 0. The molecule has 3 heterocycles. The number of aromatic nitrogens is 1. The molecule has 0 unspecified atom stereocenters. The second-order valence-electron chi connectivity index (χ2n) is 5.80. The normalized spacial score (nSPS) is 26.3. The number of likely N-dealkylation sites (tertiary alicyclic amines) is 1. The van der Waals surface area contributed by atoms with Gasteiger partial charge in [0, 0.05) is 45.5 Å². The highest BCUT2D eigenvalue weighted by Crippen LogP contribution is 2.35. The maximum Gasteiger partial charge on any atom is 0.0959 e. The lowest BCUT2D eigenvalue weighted by Gasteiger charge is -2.53. The van der Waals surface area contributed by atoms with Gasteiger partial charge in [-0.05, 0) is 25.5 Å². The fourth-order valence-corrected chi connectivity index (χ4v) is 3.20. The monoisotopic (exact) mass is 262 g/mol. The van der Waals surface area contributed by atoms with E-state index >= 15 is 0 Å². The molecule has 0 aliphatic carbocycles. The van der Waals surface area contributed by atoms with E-state index < -0.39 is 0 Å². The minimum absolute atomic E-state index is 0.0444. The average Bonchev–Trinajstić information content (AvgIpc) is 2.37. The van der Waals surface area contributed by atoms with E-state index in [0.717, 1.165) is 50.5 Å². The van der Waals surface area contributed by atoms with Crippen LogP contribution in [0.1, 0.15) is 24.2 Å². The molecule has 4 nitrogen and oxygen atoms in total. The Kier molecular flexibility index (Phi) is 3.56. The van der Waals surface area contributed by atoms with E-state index in [-0.39, 0.29) is 5.60 Å². The number of ether oxygens (including phenoxy) is 2. The van der Waals surface area contributed by atoms with Crippen molar-refractivity contribution in [1.29, 1.82) is 0 Å². The molecule has 0 aromatic carbocycles. The first-order chi connectivity index (χ1) is 9.19. The van der Waals surface area contributed by atoms with E-state index in [9.17, 15) is 0 Å². The van der Waals surface area contributed by atoms with E-state index in [1.807, 2.05) is 13.0 Å². The molecule has 0 radical (unpaired) electrons. The van der Waals surface area contributed by atoms with Crippen molar-refractivity contribution < 1.29 is 9.47 Å². The summed E-state index contributed by atoms with van der Waals surface area (Å²) in [5.74, 6) is 0. The molecular weight excluding hydrogens is 240 g/mol. The highest BCUT2D eigenvalue weighted by atomic mass is 16.5. The number of aryl methyl sites for hydroxylation is 1. The zero-order valence-electron chi connectivity index (χ0n) is 11.8. The minimum atomic E-state index is 0.0444. The van der Waals surface area contributed by atoms with Crippen molar-refractivity contribution in [2.75, 3.05) is 26.8 Å². The van der Waals surface area contributed by atoms with E-state index in [0.29, 0.717) is 6.10 Å². The van der Waals surface area contributed by atoms with Crippen LogP contribution in [-0.4, -0.2) is 48.4 Å². The Morgan fingerprint density at radius 2 is 2.32 bits per heavy atom. The van der Waals surface area contributed by atoms with Gasteiger partial charge in [-0.3, -0.25) is 9.88 Å². The van der Waals surface area contributed by atoms with Crippen molar-refractivity contribution >= 4 is 0 Å². The molecule has 3 rings (SSSR count). The largest absolute Gasteiger partial charge is 0.381 e. The summed E-state index contributed by atoms with van der Waals surface area (Å²) in [6.07, 6.45) is 2.42. The van der Waals surface area contributed by atoms with Crippen LogP contribution >= 0.6 is 0 Å². The van der Waals surface area contributed by atoms with E-state index in [4.69, 9.17) is 9.47 Å². The summed E-state index contributed by atoms with van der Waals surface area (Å²) in [4.78, 5) is 6.96. The number of hydrogen-bond acceptors (Lipinski definition) is 4. The SMILES string of the molecule is CO[C@@H]1CCOC2(C1)CN(Cc1cccc(C)n1)C2. The molecule has 0 saturated carbocycles. The maximum atomic E-state index is 5.98. The van der Waals surface area contributed by atoms with E-state index in [1.54, 1.807) is 7.11 Å². The van der Waals surface area contributed by atoms with Gasteiger partial charge in [0.25, 0.3) is 0 Å². The molecule has 0 N–H and O–H groups in total. The molecule has 2 aliphatic heterocycles. The molecule has 1 spiro atoms. The van der Waals surface area contributed by atoms with Crippen molar-refractivity contribution in [1.82, 2.24) is 9.88 Å². The second kappa shape index (κ2) is 5.19. The lowest BCUT2D eigenvalue weighted by atomic mass is 9.84. The quantitative estimate of drug-likeness (QED) is 0.831. The second-order valence-corrected chi connectivity index (χ2v) is 5.80. The number of nitrogens with zero attached hydrogens (tertiary/aromatic N) is 2. The van der Waals surface area contributed by atoms with Gasteiger partial charge in [0.2, 0.25) is 0 Å². The molecule has 19 heavy (non-hydrogen) atoms. The van der Waals surface area contributed by atoms with Crippen LogP contribution in [0.4, 0.5) is 0 Å². The van der Waals surface area contributed by atoms with Gasteiger partial charge >= 0.3 is 0 Å². The van der Waals surface area contributed by atoms with Crippen molar-refractivity contribution in [3.63, 3.8) is 0 Å². The highest BCUT2D eigenvalue weighted by molar-refractivity contribution is 5.11. The standard InChI is InChI=1S/C15H22N2O2/c1-12-4-3-5-13(16-12)9-17-10-15(11-17)8-14(18-2)6-7-19-15/h3-5,14H,6-11H2,1-2H3/t14-/m1/s1. The van der Waals surface area contributed by atoms with Crippen LogP contribution in [0.5, 0.6) is 0 Å². The first-order valence-electron chi connectivity index (χ1n) is 7.01. The Hall–Kier alpha value is -0.970. The molecule has 104 valence electrons. The lowest BCUT2D eigenvalue weighted by molar-refractivity contribution is -0.195. The Labute approximate surface area is 114 Å². The highest BCUT2D eigenvalue weighted by Gasteiger charge is 2.47. The molecule has 2 fully saturated rings. The minimum Gasteiger partial charge on any atom is -0.381 e. The molecule has 2 saturated heterocycles. The first-order valence-corrected chi connectivity index (χ1v) is 7.01. The predicted molar refractivity (Wildman–Crippen MR) is 73.0 cm³/mol. The maximum absolute atomic E-state index is 5.98. The third-order valence-corrected chi connectivity index (χ3v) is 4.14. The number of methoxy groups -OCH3 is 1. The number of rotatable bonds is 3. The van der Waals surface area contributed by atoms with Gasteiger partial charge in [-0.1, -0.05) is 6.07 Å². The zero-order valence-corrected chi connectivity index (χ0v) is 11.8. The smallest absolute Gasteiger partial charge is 0.0959 e. The molecule has 1 atom stereocenters. The van der Waals surface area contributed by atoms with E-state index in [1.165, 1.54) is 0 Å². The van der Waals surface area contributed by atoms with Gasteiger partial charge in [0.05, 0.1) is 17.4 Å². The van der Waals surface area contributed by atoms with Gasteiger partial charge in [0.15, 0.2) is 0 Å². The van der Waals surface area contributed by atoms with Gasteiger partial charge in [-0.25, -0.2) is 0 Å². The fraction of sp³-hybridized carbons (Fsp3) is 0.667. The van der Waals surface area contributed by atoms with Crippen molar-refractivity contribution in [3.8, 4) is 0 Å².